The molecule has 1 aliphatic heterocycles. The minimum Gasteiger partial charge on any atom is -0.331 e. The molecule has 1 atom stereocenters. The van der Waals surface area contributed by atoms with E-state index in [1.165, 1.54) is 0 Å². The van der Waals surface area contributed by atoms with Crippen LogP contribution in [0.2, 0.25) is 0 Å². The first kappa shape index (κ1) is 15.6. The molecule has 25 heavy (non-hydrogen) atoms. The second kappa shape index (κ2) is 6.89. The fourth-order valence-corrected chi connectivity index (χ4v) is 3.37. The maximum absolute atomic E-state index is 13.0. The molecule has 3 aromatic rings. The van der Waals surface area contributed by atoms with E-state index in [1.54, 1.807) is 12.4 Å². The molecule has 5 nitrogen and oxygen atoms in total. The Morgan fingerprint density at radius 2 is 2.00 bits per heavy atom. The highest BCUT2D eigenvalue weighted by molar-refractivity contribution is 5.77. The summed E-state index contributed by atoms with van der Waals surface area (Å²) in [5.74, 6) is 1.11. The second-order valence-electron chi connectivity index (χ2n) is 6.31. The van der Waals surface area contributed by atoms with Crippen LogP contribution in [0, 0.1) is 0 Å². The van der Waals surface area contributed by atoms with E-state index in [0.717, 1.165) is 23.5 Å². The van der Waals surface area contributed by atoms with Crippen molar-refractivity contribution in [2.75, 3.05) is 0 Å². The number of imidazole rings is 1. The molecule has 5 heteroatoms. The van der Waals surface area contributed by atoms with E-state index in [0.29, 0.717) is 19.4 Å². The highest BCUT2D eigenvalue weighted by Gasteiger charge is 2.30. The number of hydrogen-bond donors (Lipinski definition) is 0. The van der Waals surface area contributed by atoms with E-state index in [9.17, 15) is 4.79 Å². The molecule has 1 aromatic carbocycles. The molecule has 126 valence electrons. The molecule has 1 amide bonds. The van der Waals surface area contributed by atoms with Crippen molar-refractivity contribution in [1.29, 1.82) is 0 Å². The van der Waals surface area contributed by atoms with Gasteiger partial charge in [0.25, 0.3) is 0 Å². The van der Waals surface area contributed by atoms with Crippen molar-refractivity contribution >= 4 is 5.91 Å². The van der Waals surface area contributed by atoms with Gasteiger partial charge >= 0.3 is 0 Å². The molecule has 1 unspecified atom stereocenters. The zero-order valence-corrected chi connectivity index (χ0v) is 14.0. The lowest BCUT2D eigenvalue weighted by Crippen LogP contribution is -2.41. The van der Waals surface area contributed by atoms with Gasteiger partial charge in [0.15, 0.2) is 0 Å². The number of fused-ring (bicyclic) bond motifs is 1. The van der Waals surface area contributed by atoms with Gasteiger partial charge in [0.05, 0.1) is 12.6 Å². The average molecular weight is 332 g/mol. The normalized spacial score (nSPS) is 16.5. The van der Waals surface area contributed by atoms with Gasteiger partial charge in [-0.05, 0) is 23.6 Å². The van der Waals surface area contributed by atoms with Gasteiger partial charge in [-0.25, -0.2) is 4.98 Å². The molecular formula is C20H20N4O. The summed E-state index contributed by atoms with van der Waals surface area (Å²) in [4.78, 5) is 23.4. The van der Waals surface area contributed by atoms with Crippen LogP contribution in [0.1, 0.15) is 29.4 Å². The van der Waals surface area contributed by atoms with Crippen molar-refractivity contribution < 1.29 is 4.79 Å². The molecule has 0 aliphatic carbocycles. The van der Waals surface area contributed by atoms with Crippen LogP contribution in [0.4, 0.5) is 0 Å². The standard InChI is InChI=1S/C20H20N4O/c25-20(9-8-16-5-4-10-21-13-16)24-15-19-22-11-12-23(19)14-18(24)17-6-2-1-3-7-17/h1-7,10-13,18H,8-9,14-15H2. The third-order valence-corrected chi connectivity index (χ3v) is 4.71. The summed E-state index contributed by atoms with van der Waals surface area (Å²) in [6.07, 6.45) is 8.56. The third kappa shape index (κ3) is 3.31. The first-order valence-electron chi connectivity index (χ1n) is 8.54. The minimum absolute atomic E-state index is 0.0456. The summed E-state index contributed by atoms with van der Waals surface area (Å²) in [5.41, 5.74) is 2.25. The first-order valence-corrected chi connectivity index (χ1v) is 8.54. The Labute approximate surface area is 147 Å². The Morgan fingerprint density at radius 3 is 2.80 bits per heavy atom. The zero-order valence-electron chi connectivity index (χ0n) is 14.0. The highest BCUT2D eigenvalue weighted by atomic mass is 16.2. The number of carbonyl (C=O) groups excluding carboxylic acids is 1. The van der Waals surface area contributed by atoms with E-state index < -0.39 is 0 Å². The number of nitrogens with zero attached hydrogens (tertiary/aromatic N) is 4. The third-order valence-electron chi connectivity index (χ3n) is 4.71. The van der Waals surface area contributed by atoms with Crippen LogP contribution in [-0.2, 0) is 24.3 Å². The van der Waals surface area contributed by atoms with E-state index in [1.807, 2.05) is 47.6 Å². The summed E-state index contributed by atoms with van der Waals surface area (Å²) >= 11 is 0. The van der Waals surface area contributed by atoms with Crippen molar-refractivity contribution in [2.45, 2.75) is 32.0 Å². The molecule has 0 N–H and O–H groups in total. The minimum atomic E-state index is 0.0456. The quantitative estimate of drug-likeness (QED) is 0.738. The van der Waals surface area contributed by atoms with Gasteiger partial charge in [0, 0.05) is 37.8 Å². The average Bonchev–Trinajstić information content (AvgIpc) is 3.14. The van der Waals surface area contributed by atoms with Crippen molar-refractivity contribution in [3.8, 4) is 0 Å². The van der Waals surface area contributed by atoms with Gasteiger partial charge in [-0.1, -0.05) is 36.4 Å². The van der Waals surface area contributed by atoms with Crippen LogP contribution in [-0.4, -0.2) is 25.3 Å². The lowest BCUT2D eigenvalue weighted by Gasteiger charge is -2.36. The molecule has 0 bridgehead atoms. The number of rotatable bonds is 4. The number of aromatic nitrogens is 3. The topological polar surface area (TPSA) is 51.0 Å². The number of aryl methyl sites for hydroxylation is 1. The summed E-state index contributed by atoms with van der Waals surface area (Å²) in [6, 6.07) is 14.2. The van der Waals surface area contributed by atoms with Crippen LogP contribution in [0.15, 0.2) is 67.3 Å². The van der Waals surface area contributed by atoms with Crippen LogP contribution < -0.4 is 0 Å². The Bertz CT molecular complexity index is 844. The molecule has 0 spiro atoms. The van der Waals surface area contributed by atoms with Gasteiger partial charge in [-0.15, -0.1) is 0 Å². The van der Waals surface area contributed by atoms with Crippen LogP contribution in [0.3, 0.4) is 0 Å². The van der Waals surface area contributed by atoms with Crippen LogP contribution in [0.5, 0.6) is 0 Å². The Kier molecular flexibility index (Phi) is 4.29. The van der Waals surface area contributed by atoms with Crippen molar-refractivity contribution in [2.24, 2.45) is 0 Å². The maximum Gasteiger partial charge on any atom is 0.223 e. The van der Waals surface area contributed by atoms with Gasteiger partial charge < -0.3 is 9.47 Å². The molecule has 1 aliphatic rings. The fourth-order valence-electron chi connectivity index (χ4n) is 3.37. The molecule has 0 radical (unpaired) electrons. The predicted molar refractivity (Wildman–Crippen MR) is 94.5 cm³/mol. The number of pyridine rings is 1. The smallest absolute Gasteiger partial charge is 0.223 e. The van der Waals surface area contributed by atoms with Crippen molar-refractivity contribution in [3.63, 3.8) is 0 Å². The van der Waals surface area contributed by atoms with E-state index in [2.05, 4.69) is 26.7 Å². The van der Waals surface area contributed by atoms with Gasteiger partial charge in [0.2, 0.25) is 5.91 Å². The summed E-state index contributed by atoms with van der Waals surface area (Å²) in [7, 11) is 0. The molecular weight excluding hydrogens is 312 g/mol. The summed E-state index contributed by atoms with van der Waals surface area (Å²) in [5, 5.41) is 0. The van der Waals surface area contributed by atoms with E-state index in [4.69, 9.17) is 0 Å². The number of carbonyl (C=O) groups is 1. The molecule has 0 saturated heterocycles. The second-order valence-corrected chi connectivity index (χ2v) is 6.31. The summed E-state index contributed by atoms with van der Waals surface area (Å²) in [6.45, 7) is 1.30. The van der Waals surface area contributed by atoms with Crippen LogP contribution in [0.25, 0.3) is 0 Å². The van der Waals surface area contributed by atoms with Gasteiger partial charge in [0.1, 0.15) is 5.82 Å². The highest BCUT2D eigenvalue weighted by Crippen LogP contribution is 2.29. The monoisotopic (exact) mass is 332 g/mol. The fraction of sp³-hybridized carbons (Fsp3) is 0.250. The van der Waals surface area contributed by atoms with Crippen LogP contribution >= 0.6 is 0 Å². The largest absolute Gasteiger partial charge is 0.331 e. The number of amides is 1. The first-order chi connectivity index (χ1) is 12.3. The number of hydrogen-bond acceptors (Lipinski definition) is 3. The van der Waals surface area contributed by atoms with Gasteiger partial charge in [-0.3, -0.25) is 9.78 Å². The molecule has 2 aromatic heterocycles. The molecule has 4 rings (SSSR count). The lowest BCUT2D eigenvalue weighted by atomic mass is 10.0. The molecule has 0 saturated carbocycles. The predicted octanol–water partition coefficient (Wildman–Crippen LogP) is 2.99. The number of benzene rings is 1. The zero-order chi connectivity index (χ0) is 17.1. The van der Waals surface area contributed by atoms with Gasteiger partial charge in [-0.2, -0.15) is 0 Å². The molecule has 3 heterocycles. The lowest BCUT2D eigenvalue weighted by molar-refractivity contribution is -0.135. The Balaban J connectivity index is 1.55. The van der Waals surface area contributed by atoms with Crippen molar-refractivity contribution in [1.82, 2.24) is 19.4 Å². The van der Waals surface area contributed by atoms with E-state index >= 15 is 0 Å². The summed E-state index contributed by atoms with van der Waals surface area (Å²) < 4.78 is 2.14. The SMILES string of the molecule is O=C(CCc1cccnc1)N1Cc2nccn2CC1c1ccccc1. The maximum atomic E-state index is 13.0. The Morgan fingerprint density at radius 1 is 1.12 bits per heavy atom. The van der Waals surface area contributed by atoms with Crippen molar-refractivity contribution in [3.05, 3.63) is 84.2 Å². The van der Waals surface area contributed by atoms with E-state index in [-0.39, 0.29) is 11.9 Å². The Hall–Kier alpha value is -2.95. The molecule has 0 fully saturated rings.